The predicted octanol–water partition coefficient (Wildman–Crippen LogP) is 2.89. The smallest absolute Gasteiger partial charge is 0.272 e. The van der Waals surface area contributed by atoms with Gasteiger partial charge in [0.1, 0.15) is 12.3 Å². The molecular formula is C13H14BrN2O+. The van der Waals surface area contributed by atoms with Crippen LogP contribution in [0.2, 0.25) is 0 Å². The first-order valence-electron chi connectivity index (χ1n) is 5.35. The molecular weight excluding hydrogens is 280 g/mol. The molecule has 4 heteroatoms. The van der Waals surface area contributed by atoms with Gasteiger partial charge in [0, 0.05) is 16.1 Å². The molecule has 2 aromatic rings. The van der Waals surface area contributed by atoms with Gasteiger partial charge in [-0.05, 0) is 31.2 Å². The number of phenolic OH excluding ortho intramolecular Hbond substituents is 1. The number of hydrogen-bond acceptors (Lipinski definition) is 2. The summed E-state index contributed by atoms with van der Waals surface area (Å²) in [6, 6.07) is 11.3. The van der Waals surface area contributed by atoms with Gasteiger partial charge in [-0.3, -0.25) is 5.32 Å². The molecule has 0 amide bonds. The molecule has 0 bridgehead atoms. The maximum Gasteiger partial charge on any atom is 0.272 e. The van der Waals surface area contributed by atoms with Gasteiger partial charge in [0.25, 0.3) is 5.82 Å². The lowest BCUT2D eigenvalue weighted by Crippen LogP contribution is -2.15. The summed E-state index contributed by atoms with van der Waals surface area (Å²) in [5, 5.41) is 12.9. The minimum atomic E-state index is 0.299. The quantitative estimate of drug-likeness (QED) is 0.914. The van der Waals surface area contributed by atoms with Crippen molar-refractivity contribution >= 4 is 21.7 Å². The summed E-state index contributed by atoms with van der Waals surface area (Å²) in [5.74, 6) is 1.23. The molecule has 0 atom stereocenters. The Morgan fingerprint density at radius 1 is 1.29 bits per heavy atom. The number of anilines is 1. The van der Waals surface area contributed by atoms with Crippen LogP contribution in [-0.4, -0.2) is 5.11 Å². The highest BCUT2D eigenvalue weighted by Gasteiger charge is 2.06. The van der Waals surface area contributed by atoms with Gasteiger partial charge in [-0.25, -0.2) is 4.98 Å². The van der Waals surface area contributed by atoms with Crippen molar-refractivity contribution in [3.05, 3.63) is 52.1 Å². The van der Waals surface area contributed by atoms with Gasteiger partial charge in [-0.15, -0.1) is 0 Å². The summed E-state index contributed by atoms with van der Waals surface area (Å²) in [4.78, 5) is 3.21. The Morgan fingerprint density at radius 3 is 2.88 bits per heavy atom. The Kier molecular flexibility index (Phi) is 3.64. The van der Waals surface area contributed by atoms with Crippen LogP contribution in [0.25, 0.3) is 0 Å². The van der Waals surface area contributed by atoms with Gasteiger partial charge in [-0.2, -0.15) is 0 Å². The van der Waals surface area contributed by atoms with E-state index in [-0.39, 0.29) is 0 Å². The van der Waals surface area contributed by atoms with E-state index in [0.717, 1.165) is 21.5 Å². The monoisotopic (exact) mass is 293 g/mol. The second-order valence-electron chi connectivity index (χ2n) is 3.87. The van der Waals surface area contributed by atoms with Crippen molar-refractivity contribution in [2.75, 3.05) is 5.32 Å². The number of H-pyrrole nitrogens is 1. The normalized spacial score (nSPS) is 10.2. The molecule has 1 heterocycles. The molecule has 0 radical (unpaired) electrons. The molecule has 0 aliphatic rings. The molecule has 1 aromatic carbocycles. The summed E-state index contributed by atoms with van der Waals surface area (Å²) in [5.41, 5.74) is 1.95. The fourth-order valence-electron chi connectivity index (χ4n) is 1.57. The second kappa shape index (κ2) is 5.19. The highest BCUT2D eigenvalue weighted by atomic mass is 79.9. The average molecular weight is 294 g/mol. The van der Waals surface area contributed by atoms with E-state index in [4.69, 9.17) is 0 Å². The second-order valence-corrected chi connectivity index (χ2v) is 4.79. The lowest BCUT2D eigenvalue weighted by Gasteiger charge is -2.03. The van der Waals surface area contributed by atoms with Crippen LogP contribution >= 0.6 is 15.9 Å². The fourth-order valence-corrected chi connectivity index (χ4v) is 1.98. The number of phenols is 1. The third-order valence-corrected chi connectivity index (χ3v) is 2.95. The number of nitrogens with one attached hydrogen (secondary N) is 2. The molecule has 0 aliphatic carbocycles. The van der Waals surface area contributed by atoms with Crippen LogP contribution in [-0.2, 0) is 6.54 Å². The Balaban J connectivity index is 2.09. The Hall–Kier alpha value is -1.55. The van der Waals surface area contributed by atoms with E-state index < -0.39 is 0 Å². The van der Waals surface area contributed by atoms with Crippen molar-refractivity contribution in [1.82, 2.24) is 0 Å². The number of aromatic hydroxyl groups is 1. The van der Waals surface area contributed by atoms with Gasteiger partial charge in [-0.1, -0.05) is 22.0 Å². The summed E-state index contributed by atoms with van der Waals surface area (Å²) in [7, 11) is 0. The number of aromatic nitrogens is 1. The van der Waals surface area contributed by atoms with Gasteiger partial charge < -0.3 is 5.11 Å². The van der Waals surface area contributed by atoms with Crippen molar-refractivity contribution < 1.29 is 10.1 Å². The van der Waals surface area contributed by atoms with Gasteiger partial charge in [0.05, 0.1) is 5.69 Å². The molecule has 0 saturated carbocycles. The zero-order valence-electron chi connectivity index (χ0n) is 9.50. The molecule has 2 rings (SSSR count). The summed E-state index contributed by atoms with van der Waals surface area (Å²) in [6.07, 6.45) is 0. The van der Waals surface area contributed by atoms with E-state index in [2.05, 4.69) is 26.2 Å². The third-order valence-electron chi connectivity index (χ3n) is 2.45. The lowest BCUT2D eigenvalue weighted by atomic mass is 10.2. The summed E-state index contributed by atoms with van der Waals surface area (Å²) < 4.78 is 0.959. The fraction of sp³-hybridized carbons (Fsp3) is 0.154. The molecule has 1 aromatic heterocycles. The van der Waals surface area contributed by atoms with E-state index in [1.807, 2.05) is 37.3 Å². The number of hydrogen-bond donors (Lipinski definition) is 2. The molecule has 88 valence electrons. The minimum Gasteiger partial charge on any atom is -0.508 e. The average Bonchev–Trinajstić information content (AvgIpc) is 2.30. The maximum atomic E-state index is 9.70. The largest absolute Gasteiger partial charge is 0.508 e. The molecule has 0 aliphatic heterocycles. The van der Waals surface area contributed by atoms with Crippen molar-refractivity contribution in [1.29, 1.82) is 0 Å². The Bertz CT molecular complexity index is 529. The van der Waals surface area contributed by atoms with E-state index >= 15 is 0 Å². The van der Waals surface area contributed by atoms with Gasteiger partial charge in [0.2, 0.25) is 0 Å². The summed E-state index contributed by atoms with van der Waals surface area (Å²) >= 11 is 3.39. The third kappa shape index (κ3) is 3.20. The number of rotatable bonds is 3. The maximum absolute atomic E-state index is 9.70. The van der Waals surface area contributed by atoms with Crippen LogP contribution in [0, 0.1) is 6.92 Å². The highest BCUT2D eigenvalue weighted by molar-refractivity contribution is 9.10. The molecule has 17 heavy (non-hydrogen) atoms. The van der Waals surface area contributed by atoms with Gasteiger partial charge in [0.15, 0.2) is 0 Å². The highest BCUT2D eigenvalue weighted by Crippen LogP contribution is 2.22. The first-order chi connectivity index (χ1) is 8.15. The summed E-state index contributed by atoms with van der Waals surface area (Å²) in [6.45, 7) is 2.58. The lowest BCUT2D eigenvalue weighted by molar-refractivity contribution is -0.371. The number of aromatic amines is 1. The first-order valence-corrected chi connectivity index (χ1v) is 6.14. The first kappa shape index (κ1) is 11.9. The van der Waals surface area contributed by atoms with Crippen LogP contribution in [0.5, 0.6) is 5.75 Å². The Morgan fingerprint density at radius 2 is 2.12 bits per heavy atom. The van der Waals surface area contributed by atoms with Crippen LogP contribution in [0.3, 0.4) is 0 Å². The predicted molar refractivity (Wildman–Crippen MR) is 70.9 cm³/mol. The molecule has 0 fully saturated rings. The standard InChI is InChI=1S/C13H13BrN2O/c1-9-3-2-4-13(16-9)15-8-10-7-11(14)5-6-12(10)17/h2-7,17H,8H2,1H3,(H,15,16)/p+1. The van der Waals surface area contributed by atoms with Crippen LogP contribution < -0.4 is 10.3 Å². The van der Waals surface area contributed by atoms with E-state index in [9.17, 15) is 5.11 Å². The van der Waals surface area contributed by atoms with Gasteiger partial charge >= 0.3 is 0 Å². The van der Waals surface area contributed by atoms with E-state index in [0.29, 0.717) is 12.3 Å². The molecule has 0 saturated heterocycles. The zero-order valence-corrected chi connectivity index (χ0v) is 11.1. The molecule has 0 spiro atoms. The van der Waals surface area contributed by atoms with Crippen LogP contribution in [0.1, 0.15) is 11.3 Å². The van der Waals surface area contributed by atoms with Crippen molar-refractivity contribution in [2.24, 2.45) is 0 Å². The Labute approximate surface area is 109 Å². The van der Waals surface area contributed by atoms with Crippen molar-refractivity contribution in [3.8, 4) is 5.75 Å². The molecule has 0 unspecified atom stereocenters. The minimum absolute atomic E-state index is 0.299. The van der Waals surface area contributed by atoms with E-state index in [1.165, 1.54) is 0 Å². The zero-order chi connectivity index (χ0) is 12.3. The number of benzene rings is 1. The topological polar surface area (TPSA) is 46.4 Å². The molecule has 3 N–H and O–H groups in total. The number of aryl methyl sites for hydroxylation is 1. The van der Waals surface area contributed by atoms with E-state index in [1.54, 1.807) is 6.07 Å². The SMILES string of the molecule is Cc1cccc(NCc2cc(Br)ccc2O)[nH+]1. The van der Waals surface area contributed by atoms with Crippen LogP contribution in [0.4, 0.5) is 5.82 Å². The van der Waals surface area contributed by atoms with Crippen LogP contribution in [0.15, 0.2) is 40.9 Å². The van der Waals surface area contributed by atoms with Crippen molar-refractivity contribution in [2.45, 2.75) is 13.5 Å². The molecule has 3 nitrogen and oxygen atoms in total. The van der Waals surface area contributed by atoms with Crippen molar-refractivity contribution in [3.63, 3.8) is 0 Å². The number of halogens is 1. The number of pyridine rings is 1.